The summed E-state index contributed by atoms with van der Waals surface area (Å²) in [5, 5.41) is 4.24. The summed E-state index contributed by atoms with van der Waals surface area (Å²) in [5.74, 6) is 0.804. The van der Waals surface area contributed by atoms with E-state index < -0.39 is 0 Å². The first-order chi connectivity index (χ1) is 12.5. The molecule has 4 rings (SSSR count). The number of benzene rings is 1. The van der Waals surface area contributed by atoms with Crippen LogP contribution in [0, 0.1) is 0 Å². The zero-order valence-corrected chi connectivity index (χ0v) is 15.4. The van der Waals surface area contributed by atoms with Crippen LogP contribution < -0.4 is 10.6 Å². The van der Waals surface area contributed by atoms with Gasteiger partial charge in [-0.05, 0) is 31.4 Å². The van der Waals surface area contributed by atoms with Gasteiger partial charge in [0.15, 0.2) is 5.82 Å². The molecule has 0 aliphatic carbocycles. The van der Waals surface area contributed by atoms with Gasteiger partial charge in [-0.15, -0.1) is 0 Å². The van der Waals surface area contributed by atoms with Crippen molar-refractivity contribution in [1.29, 1.82) is 0 Å². The summed E-state index contributed by atoms with van der Waals surface area (Å²) in [6.07, 6.45) is 2.70. The molecule has 7 heteroatoms. The topological polar surface area (TPSA) is 63.4 Å². The van der Waals surface area contributed by atoms with Gasteiger partial charge in [-0.25, -0.2) is 9.48 Å². The van der Waals surface area contributed by atoms with Crippen molar-refractivity contribution >= 4 is 11.6 Å². The molecule has 1 aromatic heterocycles. The van der Waals surface area contributed by atoms with Crippen molar-refractivity contribution in [1.82, 2.24) is 19.2 Å². The molecule has 0 radical (unpaired) electrons. The van der Waals surface area contributed by atoms with Crippen molar-refractivity contribution < 1.29 is 4.79 Å². The Balaban J connectivity index is 1.42. The van der Waals surface area contributed by atoms with Gasteiger partial charge < -0.3 is 9.80 Å². The maximum Gasteiger partial charge on any atom is 0.345 e. The molecule has 2 aliphatic rings. The molecule has 0 bridgehead atoms. The average molecular weight is 355 g/mol. The number of fused-ring (bicyclic) bond motifs is 2. The Morgan fingerprint density at radius 1 is 1.27 bits per heavy atom. The minimum absolute atomic E-state index is 0.106. The van der Waals surface area contributed by atoms with Crippen molar-refractivity contribution in [2.45, 2.75) is 45.3 Å². The standard InChI is InChI=1S/C19H25N5O2/c1-14-7-8-15-5-3-4-6-16(15)23(14)10-9-18(25)22-11-12-24-17(13-22)20-21(2)19(24)26/h3-6,14H,7-13H2,1-2H3. The molecular weight excluding hydrogens is 330 g/mol. The molecule has 3 heterocycles. The fourth-order valence-electron chi connectivity index (χ4n) is 4.06. The summed E-state index contributed by atoms with van der Waals surface area (Å²) in [6, 6.07) is 8.93. The third kappa shape index (κ3) is 2.91. The number of aryl methyl sites for hydroxylation is 2. The van der Waals surface area contributed by atoms with Gasteiger partial charge in [0.05, 0.1) is 6.54 Å². The minimum Gasteiger partial charge on any atom is -0.368 e. The molecule has 0 saturated heterocycles. The van der Waals surface area contributed by atoms with Gasteiger partial charge >= 0.3 is 5.69 Å². The first-order valence-electron chi connectivity index (χ1n) is 9.29. The van der Waals surface area contributed by atoms with Crippen LogP contribution in [0.3, 0.4) is 0 Å². The van der Waals surface area contributed by atoms with Crippen molar-refractivity contribution in [3.8, 4) is 0 Å². The Morgan fingerprint density at radius 3 is 2.92 bits per heavy atom. The smallest absolute Gasteiger partial charge is 0.345 e. The van der Waals surface area contributed by atoms with Crippen LogP contribution in [0.25, 0.3) is 0 Å². The molecule has 1 amide bonds. The maximum atomic E-state index is 12.7. The highest BCUT2D eigenvalue weighted by atomic mass is 16.2. The van der Waals surface area contributed by atoms with E-state index in [9.17, 15) is 9.59 Å². The lowest BCUT2D eigenvalue weighted by molar-refractivity contribution is -0.132. The van der Waals surface area contributed by atoms with Gasteiger partial charge in [0.1, 0.15) is 0 Å². The van der Waals surface area contributed by atoms with Gasteiger partial charge in [-0.2, -0.15) is 5.10 Å². The van der Waals surface area contributed by atoms with Crippen LogP contribution >= 0.6 is 0 Å². The number of amides is 1. The van der Waals surface area contributed by atoms with Crippen molar-refractivity contribution in [3.05, 3.63) is 46.1 Å². The molecule has 2 aromatic rings. The van der Waals surface area contributed by atoms with E-state index in [1.807, 2.05) is 4.90 Å². The van der Waals surface area contributed by atoms with Crippen molar-refractivity contribution in [2.24, 2.45) is 7.05 Å². The van der Waals surface area contributed by atoms with Crippen LogP contribution in [-0.2, 0) is 31.4 Å². The van der Waals surface area contributed by atoms with Gasteiger partial charge in [0.25, 0.3) is 0 Å². The molecule has 1 atom stereocenters. The first kappa shape index (κ1) is 16.9. The Hall–Kier alpha value is -2.57. The zero-order chi connectivity index (χ0) is 18.3. The van der Waals surface area contributed by atoms with Crippen LogP contribution in [0.5, 0.6) is 0 Å². The number of carbonyl (C=O) groups excluding carboxylic acids is 1. The minimum atomic E-state index is -0.106. The fraction of sp³-hybridized carbons (Fsp3) is 0.526. The predicted octanol–water partition coefficient (Wildman–Crippen LogP) is 1.16. The molecular formula is C19H25N5O2. The average Bonchev–Trinajstić information content (AvgIpc) is 2.94. The summed E-state index contributed by atoms with van der Waals surface area (Å²) >= 11 is 0. The van der Waals surface area contributed by atoms with Crippen LogP contribution in [0.4, 0.5) is 5.69 Å². The third-order valence-electron chi connectivity index (χ3n) is 5.59. The zero-order valence-electron chi connectivity index (χ0n) is 15.4. The number of hydrogen-bond donors (Lipinski definition) is 0. The normalized spacial score (nSPS) is 19.2. The molecule has 138 valence electrons. The van der Waals surface area contributed by atoms with Gasteiger partial charge in [-0.3, -0.25) is 9.36 Å². The quantitative estimate of drug-likeness (QED) is 0.829. The van der Waals surface area contributed by atoms with E-state index in [2.05, 4.69) is 41.2 Å². The van der Waals surface area contributed by atoms with E-state index in [0.717, 1.165) is 19.4 Å². The van der Waals surface area contributed by atoms with E-state index in [1.165, 1.54) is 15.9 Å². The molecule has 7 nitrogen and oxygen atoms in total. The maximum absolute atomic E-state index is 12.7. The number of nitrogens with zero attached hydrogens (tertiary/aromatic N) is 5. The van der Waals surface area contributed by atoms with E-state index in [-0.39, 0.29) is 11.6 Å². The molecule has 1 aromatic carbocycles. The monoisotopic (exact) mass is 355 g/mol. The molecule has 0 spiro atoms. The number of hydrogen-bond acceptors (Lipinski definition) is 4. The summed E-state index contributed by atoms with van der Waals surface area (Å²) in [4.78, 5) is 28.8. The first-order valence-corrected chi connectivity index (χ1v) is 9.29. The summed E-state index contributed by atoms with van der Waals surface area (Å²) in [7, 11) is 1.65. The largest absolute Gasteiger partial charge is 0.368 e. The SMILES string of the molecule is CC1CCc2ccccc2N1CCC(=O)N1CCn2c(nn(C)c2=O)C1. The summed E-state index contributed by atoms with van der Waals surface area (Å²) in [5.41, 5.74) is 2.52. The number of rotatable bonds is 3. The van der Waals surface area contributed by atoms with Gasteiger partial charge in [-0.1, -0.05) is 18.2 Å². The second-order valence-electron chi connectivity index (χ2n) is 7.25. The van der Waals surface area contributed by atoms with Crippen molar-refractivity contribution in [2.75, 3.05) is 18.0 Å². The van der Waals surface area contributed by atoms with Crippen LogP contribution in [0.15, 0.2) is 29.1 Å². The number of anilines is 1. The fourth-order valence-corrected chi connectivity index (χ4v) is 4.06. The third-order valence-corrected chi connectivity index (χ3v) is 5.59. The molecule has 1 unspecified atom stereocenters. The second-order valence-corrected chi connectivity index (χ2v) is 7.25. The van der Waals surface area contributed by atoms with Crippen molar-refractivity contribution in [3.63, 3.8) is 0 Å². The predicted molar refractivity (Wildman–Crippen MR) is 99.1 cm³/mol. The molecule has 26 heavy (non-hydrogen) atoms. The lowest BCUT2D eigenvalue weighted by Gasteiger charge is -2.37. The van der Waals surface area contributed by atoms with E-state index in [4.69, 9.17) is 0 Å². The molecule has 0 N–H and O–H groups in total. The van der Waals surface area contributed by atoms with E-state index >= 15 is 0 Å². The van der Waals surface area contributed by atoms with Crippen LogP contribution in [0.1, 0.15) is 31.2 Å². The highest BCUT2D eigenvalue weighted by Crippen LogP contribution is 2.30. The number of aromatic nitrogens is 3. The Labute approximate surface area is 152 Å². The van der Waals surface area contributed by atoms with Crippen LogP contribution in [0.2, 0.25) is 0 Å². The van der Waals surface area contributed by atoms with Gasteiger partial charge in [0.2, 0.25) is 5.91 Å². The Kier molecular flexibility index (Phi) is 4.30. The van der Waals surface area contributed by atoms with E-state index in [1.54, 1.807) is 11.6 Å². The molecule has 0 fully saturated rings. The number of para-hydroxylation sites is 1. The second kappa shape index (κ2) is 6.63. The van der Waals surface area contributed by atoms with Gasteiger partial charge in [0, 0.05) is 44.8 Å². The van der Waals surface area contributed by atoms with E-state index in [0.29, 0.717) is 37.9 Å². The molecule has 0 saturated carbocycles. The summed E-state index contributed by atoms with van der Waals surface area (Å²) in [6.45, 7) is 4.47. The van der Waals surface area contributed by atoms with Crippen LogP contribution in [-0.4, -0.2) is 44.3 Å². The molecule has 2 aliphatic heterocycles. The lowest BCUT2D eigenvalue weighted by Crippen LogP contribution is -2.43. The Morgan fingerprint density at radius 2 is 2.08 bits per heavy atom. The number of carbonyl (C=O) groups is 1. The lowest BCUT2D eigenvalue weighted by atomic mass is 9.96. The highest BCUT2D eigenvalue weighted by molar-refractivity contribution is 5.77. The highest BCUT2D eigenvalue weighted by Gasteiger charge is 2.27. The summed E-state index contributed by atoms with van der Waals surface area (Å²) < 4.78 is 3.00. The Bertz CT molecular complexity index is 884.